The summed E-state index contributed by atoms with van der Waals surface area (Å²) in [5.41, 5.74) is 0. The molecule has 0 heterocycles. The van der Waals surface area contributed by atoms with Crippen molar-refractivity contribution in [3.63, 3.8) is 0 Å². The van der Waals surface area contributed by atoms with Crippen LogP contribution in [0.2, 0.25) is 0 Å². The van der Waals surface area contributed by atoms with Crippen molar-refractivity contribution in [1.82, 2.24) is 0 Å². The van der Waals surface area contributed by atoms with Gasteiger partial charge in [-0.15, -0.1) is 0 Å². The first-order chi connectivity index (χ1) is 1.00. The van der Waals surface area contributed by atoms with Crippen molar-refractivity contribution in [2.75, 3.05) is 0 Å². The third-order valence-corrected chi connectivity index (χ3v) is 0. The van der Waals surface area contributed by atoms with Crippen LogP contribution in [0.4, 0.5) is 0 Å². The zero-order valence-electron chi connectivity index (χ0n) is 1.52. The molecule has 1 nitrogen and oxygen atoms in total. The van der Waals surface area contributed by atoms with Crippen molar-refractivity contribution in [3.05, 3.63) is 0 Å². The van der Waals surface area contributed by atoms with Gasteiger partial charge in [-0.25, -0.2) is 0 Å². The van der Waals surface area contributed by atoms with E-state index in [2.05, 4.69) is 0 Å². The Morgan fingerprint density at radius 1 is 1.25 bits per heavy atom. The van der Waals surface area contributed by atoms with Gasteiger partial charge >= 0.3 is 21.8 Å². The Hall–Kier alpha value is 1.33. The summed E-state index contributed by atoms with van der Waals surface area (Å²) in [6.07, 6.45) is 0. The molecule has 0 N–H and O–H groups in total. The molecule has 0 aliphatic heterocycles. The van der Waals surface area contributed by atoms with Crippen LogP contribution in [0.1, 0.15) is 0 Å². The molecule has 0 saturated carbocycles. The predicted octanol–water partition coefficient (Wildman–Crippen LogP) is -1.58. The van der Waals surface area contributed by atoms with Gasteiger partial charge in [-0.2, -0.15) is 0 Å². The van der Waals surface area contributed by atoms with E-state index in [1.54, 1.807) is 0 Å². The minimum absolute atomic E-state index is 0. The van der Waals surface area contributed by atoms with Crippen LogP contribution in [0.15, 0.2) is 0 Å². The minimum atomic E-state index is 0. The molecule has 0 aromatic rings. The van der Waals surface area contributed by atoms with Crippen LogP contribution in [0.5, 0.6) is 0 Å². The molecule has 0 saturated heterocycles. The Labute approximate surface area is 53.8 Å². The van der Waals surface area contributed by atoms with E-state index in [4.69, 9.17) is 3.57 Å². The largest absolute Gasteiger partial charge is 0.0149 e. The predicted molar refractivity (Wildman–Crippen MR) is 12.0 cm³/mol. The molecule has 0 fully saturated rings. The first-order valence-electron chi connectivity index (χ1n) is 0.289. The van der Waals surface area contributed by atoms with Crippen molar-refractivity contribution in [3.8, 4) is 0 Å². The third kappa shape index (κ3) is 10.2. The first kappa shape index (κ1) is 18.4. The summed E-state index contributed by atoms with van der Waals surface area (Å²) in [5, 5.41) is 0. The number of rotatable bonds is 0. The van der Waals surface area contributed by atoms with E-state index in [9.17, 15) is 0 Å². The van der Waals surface area contributed by atoms with Crippen LogP contribution in [0.3, 0.4) is 0 Å². The van der Waals surface area contributed by atoms with E-state index in [1.165, 1.54) is 0 Å². The fourth-order valence-corrected chi connectivity index (χ4v) is 0. The van der Waals surface area contributed by atoms with E-state index in [0.29, 0.717) is 0 Å². The molecule has 0 rings (SSSR count). The minimum Gasteiger partial charge on any atom is -0.0149 e. The van der Waals surface area contributed by atoms with Crippen molar-refractivity contribution in [1.29, 1.82) is 0 Å². The Kier molecular flexibility index (Phi) is 125. The Morgan fingerprint density at radius 3 is 1.25 bits per heavy atom. The SMILES string of the molecule is [O]=[Zn].[SiH4].[W]. The van der Waals surface area contributed by atoms with Gasteiger partial charge in [-0.1, -0.05) is 0 Å². The quantitative estimate of drug-likeness (QED) is 0.494. The monoisotopic (exact) mass is 296 g/mol. The van der Waals surface area contributed by atoms with Gasteiger partial charge in [0, 0.05) is 21.1 Å². The third-order valence-electron chi connectivity index (χ3n) is 0. The van der Waals surface area contributed by atoms with Gasteiger partial charge < -0.3 is 0 Å². The molecule has 22 valence electrons. The fourth-order valence-electron chi connectivity index (χ4n) is 0. The summed E-state index contributed by atoms with van der Waals surface area (Å²) in [7, 11) is 0. The molecule has 0 bridgehead atoms. The Balaban J connectivity index is -0.00000000500. The molecular formula is H4OSiWZn. The topological polar surface area (TPSA) is 17.1 Å². The molecule has 0 spiro atoms. The standard InChI is InChI=1S/O.H4Si.W.Zn/h;1H4;;. The normalized spacial score (nSPS) is 1.50. The van der Waals surface area contributed by atoms with Crippen molar-refractivity contribution in [2.24, 2.45) is 0 Å². The van der Waals surface area contributed by atoms with Crippen LogP contribution in [0.25, 0.3) is 0 Å². The van der Waals surface area contributed by atoms with Crippen LogP contribution >= 0.6 is 0 Å². The van der Waals surface area contributed by atoms with Gasteiger partial charge in [0.05, 0.1) is 0 Å². The maximum absolute atomic E-state index is 8.38. The molecule has 0 unspecified atom stereocenters. The molecule has 0 atom stereocenters. The molecule has 4 heavy (non-hydrogen) atoms. The maximum atomic E-state index is 8.38. The second kappa shape index (κ2) is 27.2. The van der Waals surface area contributed by atoms with Crippen molar-refractivity contribution in [2.45, 2.75) is 0 Å². The van der Waals surface area contributed by atoms with Crippen molar-refractivity contribution < 1.29 is 42.9 Å². The molecule has 0 radical (unpaired) electrons. The summed E-state index contributed by atoms with van der Waals surface area (Å²) in [6.45, 7) is 0. The van der Waals surface area contributed by atoms with Crippen LogP contribution in [-0.4, -0.2) is 11.0 Å². The van der Waals surface area contributed by atoms with E-state index in [-0.39, 0.29) is 50.3 Å². The smallest absolute Gasteiger partial charge is 0 e. The second-order valence-corrected chi connectivity index (χ2v) is 0. The maximum Gasteiger partial charge on any atom is 0 e. The van der Waals surface area contributed by atoms with E-state index in [1.807, 2.05) is 0 Å². The number of hydrogen-bond donors (Lipinski definition) is 0. The van der Waals surface area contributed by atoms with Gasteiger partial charge in [0.2, 0.25) is 0 Å². The van der Waals surface area contributed by atoms with Crippen LogP contribution in [0, 0.1) is 0 Å². The summed E-state index contributed by atoms with van der Waals surface area (Å²) in [4.78, 5) is 0. The molecule has 0 amide bonds. The van der Waals surface area contributed by atoms with Gasteiger partial charge in [0.15, 0.2) is 0 Å². The second-order valence-electron chi connectivity index (χ2n) is 0. The molecule has 0 aromatic heterocycles. The Morgan fingerprint density at radius 2 is 1.25 bits per heavy atom. The van der Waals surface area contributed by atoms with Crippen LogP contribution < -0.4 is 0 Å². The molecule has 0 aliphatic rings. The van der Waals surface area contributed by atoms with Crippen molar-refractivity contribution >= 4 is 11.0 Å². The van der Waals surface area contributed by atoms with Gasteiger partial charge in [-0.05, 0) is 11.0 Å². The summed E-state index contributed by atoms with van der Waals surface area (Å²) in [5.74, 6) is 0. The zero-order valence-corrected chi connectivity index (χ0v) is 7.42. The van der Waals surface area contributed by atoms with Gasteiger partial charge in [-0.3, -0.25) is 0 Å². The van der Waals surface area contributed by atoms with E-state index in [0.717, 1.165) is 0 Å². The summed E-state index contributed by atoms with van der Waals surface area (Å²) < 4.78 is 8.38. The molecule has 0 aliphatic carbocycles. The number of hydrogen-bond acceptors (Lipinski definition) is 1. The first-order valence-corrected chi connectivity index (χ1v) is 1.50. The van der Waals surface area contributed by atoms with Gasteiger partial charge in [0.25, 0.3) is 0 Å². The molecule has 4 heteroatoms. The Bertz CT molecular complexity index is 8.00. The summed E-state index contributed by atoms with van der Waals surface area (Å²) in [6, 6.07) is 0. The summed E-state index contributed by atoms with van der Waals surface area (Å²) >= 11 is 0.125. The molecular weight excluding hydrogens is 293 g/mol. The average molecular weight is 297 g/mol. The van der Waals surface area contributed by atoms with E-state index >= 15 is 0 Å². The average Bonchev–Trinajstić information content (AvgIpc) is 1.00. The fraction of sp³-hybridized carbons (Fsp3) is 0. The molecule has 0 aromatic carbocycles. The van der Waals surface area contributed by atoms with E-state index < -0.39 is 0 Å². The zero-order chi connectivity index (χ0) is 2.00. The van der Waals surface area contributed by atoms with Crippen LogP contribution in [-0.2, 0) is 42.9 Å². The van der Waals surface area contributed by atoms with Gasteiger partial charge in [0.1, 0.15) is 0 Å².